The molecule has 2 nitrogen and oxygen atoms in total. The Labute approximate surface area is 97.4 Å². The molecule has 2 heteroatoms. The van der Waals surface area contributed by atoms with Crippen LogP contribution in [0, 0.1) is 6.92 Å². The predicted octanol–water partition coefficient (Wildman–Crippen LogP) is 2.99. The molecule has 0 aromatic heterocycles. The Morgan fingerprint density at radius 3 is 2.88 bits per heavy atom. The zero-order valence-electron chi connectivity index (χ0n) is 9.92. The van der Waals surface area contributed by atoms with Crippen LogP contribution in [0.2, 0.25) is 0 Å². The Kier molecular flexibility index (Phi) is 2.60. The average Bonchev–Trinajstić information content (AvgIpc) is 2.24. The fraction of sp³-hybridized carbons (Fsp3) is 0.571. The predicted molar refractivity (Wildman–Crippen MR) is 67.8 cm³/mol. The topological polar surface area (TPSA) is 24.1 Å². The number of anilines is 1. The van der Waals surface area contributed by atoms with E-state index in [4.69, 9.17) is 0 Å². The normalized spacial score (nSPS) is 24.4. The van der Waals surface area contributed by atoms with Crippen molar-refractivity contribution in [3.05, 3.63) is 29.3 Å². The molecule has 16 heavy (non-hydrogen) atoms. The summed E-state index contributed by atoms with van der Waals surface area (Å²) in [5.41, 5.74) is 4.21. The van der Waals surface area contributed by atoms with Crippen LogP contribution >= 0.6 is 0 Å². The summed E-state index contributed by atoms with van der Waals surface area (Å²) < 4.78 is 0. The van der Waals surface area contributed by atoms with Gasteiger partial charge in [0.25, 0.3) is 0 Å². The van der Waals surface area contributed by atoms with E-state index in [1.165, 1.54) is 42.5 Å². The van der Waals surface area contributed by atoms with Crippen LogP contribution in [0.3, 0.4) is 0 Å². The standard InChI is InChI=1S/C14H20N2/c1-10-4-2-7-12-13(8-9-15-14(10)12)16-11-5-3-6-11/h2,4,7,11,13,15-16H,3,5-6,8-9H2,1H3. The van der Waals surface area contributed by atoms with Crippen LogP contribution in [0.4, 0.5) is 5.69 Å². The van der Waals surface area contributed by atoms with E-state index >= 15 is 0 Å². The van der Waals surface area contributed by atoms with E-state index in [0.29, 0.717) is 6.04 Å². The third kappa shape index (κ3) is 1.71. The highest BCUT2D eigenvalue weighted by molar-refractivity contribution is 5.60. The van der Waals surface area contributed by atoms with Gasteiger partial charge in [0.05, 0.1) is 0 Å². The quantitative estimate of drug-likeness (QED) is 0.794. The lowest BCUT2D eigenvalue weighted by molar-refractivity contribution is 0.298. The molecule has 2 N–H and O–H groups in total. The molecule has 1 saturated carbocycles. The van der Waals surface area contributed by atoms with Crippen molar-refractivity contribution in [3.63, 3.8) is 0 Å². The number of aryl methyl sites for hydroxylation is 1. The molecule has 1 unspecified atom stereocenters. The van der Waals surface area contributed by atoms with Crippen molar-refractivity contribution in [1.82, 2.24) is 5.32 Å². The lowest BCUT2D eigenvalue weighted by Gasteiger charge is -2.35. The maximum atomic E-state index is 3.80. The van der Waals surface area contributed by atoms with Gasteiger partial charge in [-0.3, -0.25) is 0 Å². The van der Waals surface area contributed by atoms with Crippen molar-refractivity contribution in [2.75, 3.05) is 11.9 Å². The highest BCUT2D eigenvalue weighted by Gasteiger charge is 2.25. The van der Waals surface area contributed by atoms with Gasteiger partial charge in [-0.15, -0.1) is 0 Å². The van der Waals surface area contributed by atoms with Crippen LogP contribution < -0.4 is 10.6 Å². The van der Waals surface area contributed by atoms with E-state index in [-0.39, 0.29) is 0 Å². The molecule has 2 aliphatic rings. The minimum Gasteiger partial charge on any atom is -0.384 e. The number of benzene rings is 1. The summed E-state index contributed by atoms with van der Waals surface area (Å²) in [6.45, 7) is 3.29. The monoisotopic (exact) mass is 216 g/mol. The van der Waals surface area contributed by atoms with E-state index in [1.54, 1.807) is 0 Å². The van der Waals surface area contributed by atoms with Gasteiger partial charge in [-0.05, 0) is 37.3 Å². The third-order valence-electron chi connectivity index (χ3n) is 3.96. The van der Waals surface area contributed by atoms with Crippen molar-refractivity contribution in [2.24, 2.45) is 0 Å². The molecule has 0 spiro atoms. The first-order valence-electron chi connectivity index (χ1n) is 6.44. The van der Waals surface area contributed by atoms with Crippen molar-refractivity contribution in [3.8, 4) is 0 Å². The Bertz CT molecular complexity index is 382. The SMILES string of the molecule is Cc1cccc2c1NCCC2NC1CCC1. The third-order valence-corrected chi connectivity index (χ3v) is 3.96. The summed E-state index contributed by atoms with van der Waals surface area (Å²) >= 11 is 0. The molecule has 1 aromatic carbocycles. The summed E-state index contributed by atoms with van der Waals surface area (Å²) in [5, 5.41) is 7.33. The smallest absolute Gasteiger partial charge is 0.0418 e. The van der Waals surface area contributed by atoms with Crippen LogP contribution in [-0.4, -0.2) is 12.6 Å². The summed E-state index contributed by atoms with van der Waals surface area (Å²) in [5.74, 6) is 0. The van der Waals surface area contributed by atoms with Gasteiger partial charge in [-0.2, -0.15) is 0 Å². The summed E-state index contributed by atoms with van der Waals surface area (Å²) in [6, 6.07) is 7.98. The molecule has 0 radical (unpaired) electrons. The number of fused-ring (bicyclic) bond motifs is 1. The largest absolute Gasteiger partial charge is 0.384 e. The van der Waals surface area contributed by atoms with Gasteiger partial charge < -0.3 is 10.6 Å². The van der Waals surface area contributed by atoms with Crippen LogP contribution in [0.15, 0.2) is 18.2 Å². The number of hydrogen-bond donors (Lipinski definition) is 2. The zero-order valence-corrected chi connectivity index (χ0v) is 9.92. The lowest BCUT2D eigenvalue weighted by Crippen LogP contribution is -2.40. The van der Waals surface area contributed by atoms with Gasteiger partial charge >= 0.3 is 0 Å². The number of rotatable bonds is 2. The molecule has 1 aromatic rings. The van der Waals surface area contributed by atoms with Gasteiger partial charge in [-0.25, -0.2) is 0 Å². The van der Waals surface area contributed by atoms with Gasteiger partial charge in [-0.1, -0.05) is 24.6 Å². The fourth-order valence-corrected chi connectivity index (χ4v) is 2.75. The molecule has 1 heterocycles. The Balaban J connectivity index is 1.84. The molecule has 1 atom stereocenters. The maximum absolute atomic E-state index is 3.80. The molecule has 0 amide bonds. The van der Waals surface area contributed by atoms with E-state index in [0.717, 1.165) is 12.6 Å². The summed E-state index contributed by atoms with van der Waals surface area (Å²) in [4.78, 5) is 0. The van der Waals surface area contributed by atoms with Crippen LogP contribution in [0.25, 0.3) is 0 Å². The highest BCUT2D eigenvalue weighted by atomic mass is 15.0. The molecular formula is C14H20N2. The fourth-order valence-electron chi connectivity index (χ4n) is 2.75. The first-order valence-corrected chi connectivity index (χ1v) is 6.44. The molecule has 0 bridgehead atoms. The van der Waals surface area contributed by atoms with Crippen LogP contribution in [0.1, 0.15) is 42.9 Å². The van der Waals surface area contributed by atoms with E-state index in [2.05, 4.69) is 35.8 Å². The van der Waals surface area contributed by atoms with E-state index < -0.39 is 0 Å². The number of nitrogens with one attached hydrogen (secondary N) is 2. The second kappa shape index (κ2) is 4.10. The number of hydrogen-bond acceptors (Lipinski definition) is 2. The van der Waals surface area contributed by atoms with Crippen molar-refractivity contribution < 1.29 is 0 Å². The lowest BCUT2D eigenvalue weighted by atomic mass is 9.89. The maximum Gasteiger partial charge on any atom is 0.0418 e. The average molecular weight is 216 g/mol. The molecule has 1 aliphatic heterocycles. The highest BCUT2D eigenvalue weighted by Crippen LogP contribution is 2.34. The molecule has 3 rings (SSSR count). The minimum atomic E-state index is 0.571. The van der Waals surface area contributed by atoms with Gasteiger partial charge in [0, 0.05) is 24.3 Å². The van der Waals surface area contributed by atoms with Gasteiger partial charge in [0.15, 0.2) is 0 Å². The number of para-hydroxylation sites is 1. The van der Waals surface area contributed by atoms with Crippen molar-refractivity contribution in [2.45, 2.75) is 44.7 Å². The molecule has 0 saturated heterocycles. The van der Waals surface area contributed by atoms with Crippen molar-refractivity contribution >= 4 is 5.69 Å². The van der Waals surface area contributed by atoms with E-state index in [1.807, 2.05) is 0 Å². The van der Waals surface area contributed by atoms with Gasteiger partial charge in [0.1, 0.15) is 0 Å². The summed E-state index contributed by atoms with van der Waals surface area (Å²) in [6.07, 6.45) is 5.35. The second-order valence-corrected chi connectivity index (χ2v) is 5.10. The molecule has 1 aliphatic carbocycles. The Hall–Kier alpha value is -1.02. The van der Waals surface area contributed by atoms with Crippen LogP contribution in [-0.2, 0) is 0 Å². The first-order chi connectivity index (χ1) is 7.84. The summed E-state index contributed by atoms with van der Waals surface area (Å²) in [7, 11) is 0. The zero-order chi connectivity index (χ0) is 11.0. The van der Waals surface area contributed by atoms with Crippen molar-refractivity contribution in [1.29, 1.82) is 0 Å². The minimum absolute atomic E-state index is 0.571. The second-order valence-electron chi connectivity index (χ2n) is 5.10. The first kappa shape index (κ1) is 10.2. The van der Waals surface area contributed by atoms with E-state index in [9.17, 15) is 0 Å². The van der Waals surface area contributed by atoms with Gasteiger partial charge in [0.2, 0.25) is 0 Å². The molecule has 86 valence electrons. The Morgan fingerprint density at radius 2 is 2.12 bits per heavy atom. The molecular weight excluding hydrogens is 196 g/mol. The Morgan fingerprint density at radius 1 is 1.25 bits per heavy atom. The molecule has 1 fully saturated rings. The van der Waals surface area contributed by atoms with Crippen LogP contribution in [0.5, 0.6) is 0 Å².